The lowest BCUT2D eigenvalue weighted by molar-refractivity contribution is -0.149. The summed E-state index contributed by atoms with van der Waals surface area (Å²) in [5, 5.41) is 0. The maximum atomic E-state index is 12.0. The van der Waals surface area contributed by atoms with Gasteiger partial charge in [0.25, 0.3) is 0 Å². The van der Waals surface area contributed by atoms with Crippen molar-refractivity contribution in [2.45, 2.75) is 187 Å². The molecule has 0 aromatic heterocycles. The van der Waals surface area contributed by atoms with Gasteiger partial charge in [-0.2, -0.15) is 0 Å². The second-order valence-corrected chi connectivity index (χ2v) is 10.1. The maximum absolute atomic E-state index is 12.0. The number of carbonyl (C=O) groups is 1. The van der Waals surface area contributed by atoms with E-state index in [9.17, 15) is 4.79 Å². The molecule has 0 amide bonds. The fourth-order valence-electron chi connectivity index (χ4n) is 4.56. The minimum Gasteiger partial charge on any atom is -0.462 e. The molecule has 192 valence electrons. The predicted octanol–water partition coefficient (Wildman–Crippen LogP) is 10.7. The van der Waals surface area contributed by atoms with Crippen LogP contribution >= 0.6 is 0 Å². The molecule has 0 radical (unpaired) electrons. The van der Waals surface area contributed by atoms with Gasteiger partial charge in [-0.05, 0) is 25.7 Å². The number of ether oxygens (including phenoxy) is 1. The van der Waals surface area contributed by atoms with Gasteiger partial charge in [0, 0.05) is 6.42 Å². The Kier molecular flexibility index (Phi) is 26.3. The van der Waals surface area contributed by atoms with E-state index in [1.54, 1.807) is 0 Å². The highest BCUT2D eigenvalue weighted by molar-refractivity contribution is 5.69. The van der Waals surface area contributed by atoms with Crippen LogP contribution in [0.4, 0.5) is 0 Å². The molecule has 32 heavy (non-hydrogen) atoms. The summed E-state index contributed by atoms with van der Waals surface area (Å²) < 4.78 is 5.64. The second-order valence-electron chi connectivity index (χ2n) is 10.1. The number of hydrogen-bond acceptors (Lipinski definition) is 2. The molecule has 0 aromatic carbocycles. The number of hydrogen-bond donors (Lipinski definition) is 0. The number of rotatable bonds is 26. The van der Waals surface area contributed by atoms with Crippen LogP contribution in [0.3, 0.4) is 0 Å². The maximum Gasteiger partial charge on any atom is 0.306 e. The van der Waals surface area contributed by atoms with Crippen LogP contribution in [0.5, 0.6) is 0 Å². The summed E-state index contributed by atoms with van der Waals surface area (Å²) in [4.78, 5) is 12.0. The van der Waals surface area contributed by atoms with Crippen LogP contribution < -0.4 is 0 Å². The summed E-state index contributed by atoms with van der Waals surface area (Å²) in [6, 6.07) is 0. The van der Waals surface area contributed by atoms with Crippen LogP contribution in [-0.2, 0) is 9.53 Å². The van der Waals surface area contributed by atoms with E-state index >= 15 is 0 Å². The molecule has 0 aliphatic heterocycles. The monoisotopic (exact) mass is 452 g/mol. The molecular weight excluding hydrogens is 392 g/mol. The summed E-state index contributed by atoms with van der Waals surface area (Å²) >= 11 is 0. The Morgan fingerprint density at radius 3 is 1.22 bits per heavy atom. The van der Waals surface area contributed by atoms with Crippen LogP contribution in [0.25, 0.3) is 0 Å². The van der Waals surface area contributed by atoms with Gasteiger partial charge in [0.05, 0.1) is 0 Å². The van der Waals surface area contributed by atoms with E-state index < -0.39 is 0 Å². The third kappa shape index (κ3) is 24.1. The highest BCUT2D eigenvalue weighted by Gasteiger charge is 2.11. The van der Waals surface area contributed by atoms with Crippen molar-refractivity contribution in [2.75, 3.05) is 0 Å². The van der Waals surface area contributed by atoms with Crippen LogP contribution in [0.2, 0.25) is 0 Å². The summed E-state index contributed by atoms with van der Waals surface area (Å²) in [6.45, 7) is 6.63. The molecule has 0 heterocycles. The fourth-order valence-corrected chi connectivity index (χ4v) is 4.56. The molecule has 0 N–H and O–H groups in total. The molecular formula is C30H60O2. The molecule has 0 aliphatic rings. The van der Waals surface area contributed by atoms with Crippen molar-refractivity contribution in [3.63, 3.8) is 0 Å². The van der Waals surface area contributed by atoms with Crippen LogP contribution in [0.1, 0.15) is 181 Å². The molecule has 0 saturated heterocycles. The van der Waals surface area contributed by atoms with Gasteiger partial charge in [-0.3, -0.25) is 4.79 Å². The molecule has 2 nitrogen and oxygen atoms in total. The standard InChI is InChI=1S/C30H60O2/c1-4-7-9-10-11-12-13-14-15-16-17-18-19-20-21-22-23-24-26-28-30(31)32-29(6-3)27-25-8-5-2/h29H,4-28H2,1-3H3. The Bertz CT molecular complexity index is 366. The Labute approximate surface area is 203 Å². The zero-order chi connectivity index (χ0) is 23.5. The molecule has 1 unspecified atom stereocenters. The normalized spacial score (nSPS) is 12.2. The highest BCUT2D eigenvalue weighted by atomic mass is 16.5. The van der Waals surface area contributed by atoms with Gasteiger partial charge in [0.2, 0.25) is 0 Å². The molecule has 0 fully saturated rings. The number of esters is 1. The zero-order valence-electron chi connectivity index (χ0n) is 22.6. The van der Waals surface area contributed by atoms with Crippen molar-refractivity contribution >= 4 is 5.97 Å². The van der Waals surface area contributed by atoms with Gasteiger partial charge in [0.15, 0.2) is 0 Å². The molecule has 2 heteroatoms. The van der Waals surface area contributed by atoms with E-state index in [2.05, 4.69) is 20.8 Å². The molecule has 0 aromatic rings. The van der Waals surface area contributed by atoms with Crippen molar-refractivity contribution in [1.29, 1.82) is 0 Å². The first-order valence-electron chi connectivity index (χ1n) is 14.9. The summed E-state index contributed by atoms with van der Waals surface area (Å²) in [5.74, 6) is 0.0281. The number of carbonyl (C=O) groups excluding carboxylic acids is 1. The largest absolute Gasteiger partial charge is 0.462 e. The van der Waals surface area contributed by atoms with Gasteiger partial charge in [-0.1, -0.05) is 149 Å². The van der Waals surface area contributed by atoms with Crippen molar-refractivity contribution < 1.29 is 9.53 Å². The second kappa shape index (κ2) is 26.7. The molecule has 0 bridgehead atoms. The Hall–Kier alpha value is -0.530. The average molecular weight is 453 g/mol. The Balaban J connectivity index is 3.25. The number of unbranched alkanes of at least 4 members (excludes halogenated alkanes) is 20. The molecule has 0 rings (SSSR count). The third-order valence-electron chi connectivity index (χ3n) is 6.87. The van der Waals surface area contributed by atoms with Crippen LogP contribution in [-0.4, -0.2) is 12.1 Å². The first-order valence-corrected chi connectivity index (χ1v) is 14.9. The van der Waals surface area contributed by atoms with Gasteiger partial charge >= 0.3 is 5.97 Å². The quantitative estimate of drug-likeness (QED) is 0.0963. The third-order valence-corrected chi connectivity index (χ3v) is 6.87. The van der Waals surface area contributed by atoms with Crippen molar-refractivity contribution in [1.82, 2.24) is 0 Å². The minimum absolute atomic E-state index is 0.0281. The van der Waals surface area contributed by atoms with E-state index in [1.165, 1.54) is 135 Å². The summed E-state index contributed by atoms with van der Waals surface area (Å²) in [5.41, 5.74) is 0. The van der Waals surface area contributed by atoms with Crippen molar-refractivity contribution in [3.05, 3.63) is 0 Å². The van der Waals surface area contributed by atoms with E-state index in [1.807, 2.05) is 0 Å². The summed E-state index contributed by atoms with van der Waals surface area (Å²) in [7, 11) is 0. The van der Waals surface area contributed by atoms with Crippen LogP contribution in [0.15, 0.2) is 0 Å². The van der Waals surface area contributed by atoms with Gasteiger partial charge in [0.1, 0.15) is 6.10 Å². The molecule has 0 saturated carbocycles. The Morgan fingerprint density at radius 1 is 0.500 bits per heavy atom. The van der Waals surface area contributed by atoms with E-state index in [4.69, 9.17) is 4.74 Å². The minimum atomic E-state index is 0.0281. The average Bonchev–Trinajstić information content (AvgIpc) is 2.80. The Morgan fingerprint density at radius 2 is 0.844 bits per heavy atom. The van der Waals surface area contributed by atoms with Gasteiger partial charge < -0.3 is 4.74 Å². The van der Waals surface area contributed by atoms with E-state index in [0.29, 0.717) is 6.42 Å². The first kappa shape index (κ1) is 31.5. The lowest BCUT2D eigenvalue weighted by Gasteiger charge is -2.16. The highest BCUT2D eigenvalue weighted by Crippen LogP contribution is 2.16. The van der Waals surface area contributed by atoms with Gasteiger partial charge in [-0.25, -0.2) is 0 Å². The van der Waals surface area contributed by atoms with E-state index in [-0.39, 0.29) is 12.1 Å². The topological polar surface area (TPSA) is 26.3 Å². The lowest BCUT2D eigenvalue weighted by atomic mass is 10.0. The smallest absolute Gasteiger partial charge is 0.306 e. The molecule has 1 atom stereocenters. The fraction of sp³-hybridized carbons (Fsp3) is 0.967. The molecule has 0 spiro atoms. The van der Waals surface area contributed by atoms with Gasteiger partial charge in [-0.15, -0.1) is 0 Å². The SMILES string of the molecule is CCCCCCCCCCCCCCCCCCCCCC(=O)OC(CC)CCCCC. The van der Waals surface area contributed by atoms with E-state index in [0.717, 1.165) is 19.3 Å². The first-order chi connectivity index (χ1) is 15.7. The summed E-state index contributed by atoms with van der Waals surface area (Å²) in [6.07, 6.45) is 32.7. The van der Waals surface area contributed by atoms with Crippen LogP contribution in [0, 0.1) is 0 Å². The zero-order valence-corrected chi connectivity index (χ0v) is 22.6. The predicted molar refractivity (Wildman–Crippen MR) is 142 cm³/mol. The van der Waals surface area contributed by atoms with Crippen molar-refractivity contribution in [3.8, 4) is 0 Å². The lowest BCUT2D eigenvalue weighted by Crippen LogP contribution is -2.17. The van der Waals surface area contributed by atoms with Crippen molar-refractivity contribution in [2.24, 2.45) is 0 Å². The molecule has 0 aliphatic carbocycles.